The number of hydrogen-bond donors (Lipinski definition) is 1. The van der Waals surface area contributed by atoms with Crippen LogP contribution in [0.1, 0.15) is 5.56 Å². The van der Waals surface area contributed by atoms with Gasteiger partial charge in [-0.25, -0.2) is 0 Å². The van der Waals surface area contributed by atoms with Crippen LogP contribution in [0.25, 0.3) is 0 Å². The molecule has 0 spiro atoms. The molecule has 104 valence electrons. The third-order valence-corrected chi connectivity index (χ3v) is 3.89. The van der Waals surface area contributed by atoms with Crippen molar-refractivity contribution in [3.63, 3.8) is 0 Å². The maximum Gasteiger partial charge on any atom is 0.295 e. The van der Waals surface area contributed by atoms with Gasteiger partial charge < -0.3 is 9.32 Å². The molecule has 6 nitrogen and oxygen atoms in total. The van der Waals surface area contributed by atoms with E-state index in [2.05, 4.69) is 4.72 Å². The van der Waals surface area contributed by atoms with Crippen molar-refractivity contribution in [2.24, 2.45) is 0 Å². The van der Waals surface area contributed by atoms with Gasteiger partial charge in [-0.05, 0) is 30.3 Å². The third-order valence-electron chi connectivity index (χ3n) is 2.64. The van der Waals surface area contributed by atoms with Crippen LogP contribution in [0.3, 0.4) is 0 Å². The summed E-state index contributed by atoms with van der Waals surface area (Å²) < 4.78 is 31.4. The van der Waals surface area contributed by atoms with E-state index in [0.29, 0.717) is 0 Å². The normalized spacial score (nSPS) is 10.8. The smallest absolute Gasteiger partial charge is 0.295 e. The van der Waals surface area contributed by atoms with Crippen molar-refractivity contribution < 1.29 is 12.8 Å². The summed E-state index contributed by atoms with van der Waals surface area (Å²) in [6.07, 6.45) is 1.27. The minimum Gasteiger partial charge on any atom is -0.451 e. The molecule has 0 saturated carbocycles. The lowest BCUT2D eigenvalue weighted by atomic mass is 10.2. The summed E-state index contributed by atoms with van der Waals surface area (Å²) in [6, 6.07) is 9.67. The van der Waals surface area contributed by atoms with Gasteiger partial charge in [0.2, 0.25) is 5.09 Å². The van der Waals surface area contributed by atoms with Crippen molar-refractivity contribution in [1.82, 2.24) is 0 Å². The highest BCUT2D eigenvalue weighted by Crippen LogP contribution is 2.25. The summed E-state index contributed by atoms with van der Waals surface area (Å²) in [5, 5.41) is 8.86. The highest BCUT2D eigenvalue weighted by atomic mass is 32.2. The SMILES string of the molecule is CN(C)c1ccc(C#N)c(NS(=O)(=O)c2ccco2)c1. The van der Waals surface area contributed by atoms with Gasteiger partial charge in [-0.15, -0.1) is 0 Å². The number of sulfonamides is 1. The molecule has 1 N–H and O–H groups in total. The van der Waals surface area contributed by atoms with E-state index in [1.165, 1.54) is 18.4 Å². The molecular weight excluding hydrogens is 278 g/mol. The Balaban J connectivity index is 2.43. The van der Waals surface area contributed by atoms with Gasteiger partial charge in [0.15, 0.2) is 0 Å². The van der Waals surface area contributed by atoms with Crippen molar-refractivity contribution >= 4 is 21.4 Å². The molecule has 7 heteroatoms. The number of nitrogens with one attached hydrogen (secondary N) is 1. The van der Waals surface area contributed by atoms with E-state index in [0.717, 1.165) is 5.69 Å². The first-order valence-electron chi connectivity index (χ1n) is 5.72. The molecule has 2 aromatic rings. The molecule has 20 heavy (non-hydrogen) atoms. The maximum absolute atomic E-state index is 12.1. The average Bonchev–Trinajstić information content (AvgIpc) is 2.92. The van der Waals surface area contributed by atoms with Gasteiger partial charge in [0, 0.05) is 19.8 Å². The van der Waals surface area contributed by atoms with Gasteiger partial charge in [0.05, 0.1) is 17.5 Å². The molecule has 0 fully saturated rings. The van der Waals surface area contributed by atoms with Crippen LogP contribution in [0.5, 0.6) is 0 Å². The van der Waals surface area contributed by atoms with Crippen molar-refractivity contribution in [2.75, 3.05) is 23.7 Å². The quantitative estimate of drug-likeness (QED) is 0.931. The van der Waals surface area contributed by atoms with Crippen LogP contribution in [-0.2, 0) is 10.0 Å². The van der Waals surface area contributed by atoms with Crippen molar-refractivity contribution in [1.29, 1.82) is 5.26 Å². The van der Waals surface area contributed by atoms with E-state index in [1.807, 2.05) is 25.1 Å². The Morgan fingerprint density at radius 2 is 2.05 bits per heavy atom. The zero-order chi connectivity index (χ0) is 14.8. The third kappa shape index (κ3) is 2.75. The highest BCUT2D eigenvalue weighted by molar-refractivity contribution is 7.92. The predicted molar refractivity (Wildman–Crippen MR) is 75.0 cm³/mol. The van der Waals surface area contributed by atoms with E-state index in [1.54, 1.807) is 18.2 Å². The van der Waals surface area contributed by atoms with Crippen LogP contribution in [0.15, 0.2) is 46.1 Å². The maximum atomic E-state index is 12.1. The molecule has 0 aliphatic heterocycles. The van der Waals surface area contributed by atoms with Gasteiger partial charge in [-0.3, -0.25) is 4.72 Å². The number of furan rings is 1. The van der Waals surface area contributed by atoms with Crippen LogP contribution in [0.4, 0.5) is 11.4 Å². The summed E-state index contributed by atoms with van der Waals surface area (Å²) in [5.41, 5.74) is 1.24. The second-order valence-corrected chi connectivity index (χ2v) is 5.89. The standard InChI is InChI=1S/C13H13N3O3S/c1-16(2)11-6-5-10(9-14)12(8-11)15-20(17,18)13-4-3-7-19-13/h3-8,15H,1-2H3. The van der Waals surface area contributed by atoms with Crippen molar-refractivity contribution in [3.05, 3.63) is 42.2 Å². The highest BCUT2D eigenvalue weighted by Gasteiger charge is 2.19. The molecule has 1 heterocycles. The van der Waals surface area contributed by atoms with E-state index < -0.39 is 10.0 Å². The Labute approximate surface area is 117 Å². The first kappa shape index (κ1) is 14.0. The number of anilines is 2. The van der Waals surface area contributed by atoms with Crippen molar-refractivity contribution in [3.8, 4) is 6.07 Å². The van der Waals surface area contributed by atoms with Crippen molar-refractivity contribution in [2.45, 2.75) is 5.09 Å². The minimum atomic E-state index is -3.83. The molecule has 1 aromatic heterocycles. The topological polar surface area (TPSA) is 86.3 Å². The Kier molecular flexibility index (Phi) is 3.68. The molecule has 0 aliphatic carbocycles. The molecule has 0 saturated heterocycles. The first-order chi connectivity index (χ1) is 9.44. The monoisotopic (exact) mass is 291 g/mol. The fourth-order valence-corrected chi connectivity index (χ4v) is 2.60. The lowest BCUT2D eigenvalue weighted by Crippen LogP contribution is -2.14. The molecule has 2 rings (SSSR count). The van der Waals surface area contributed by atoms with Gasteiger partial charge in [-0.1, -0.05) is 0 Å². The number of benzene rings is 1. The van der Waals surface area contributed by atoms with Crippen LogP contribution < -0.4 is 9.62 Å². The summed E-state index contributed by atoms with van der Waals surface area (Å²) in [7, 11) is -0.180. The van der Waals surface area contributed by atoms with Gasteiger partial charge in [0.25, 0.3) is 10.0 Å². The van der Waals surface area contributed by atoms with Crippen LogP contribution in [-0.4, -0.2) is 22.5 Å². The molecular formula is C13H13N3O3S. The summed E-state index contributed by atoms with van der Waals surface area (Å²) in [4.78, 5) is 1.81. The fourth-order valence-electron chi connectivity index (χ4n) is 1.60. The van der Waals surface area contributed by atoms with E-state index >= 15 is 0 Å². The van der Waals surface area contributed by atoms with Crippen LogP contribution in [0, 0.1) is 11.3 Å². The second kappa shape index (κ2) is 5.27. The Bertz CT molecular complexity index is 744. The number of rotatable bonds is 4. The first-order valence-corrected chi connectivity index (χ1v) is 7.20. The van der Waals surface area contributed by atoms with E-state index in [9.17, 15) is 8.42 Å². The summed E-state index contributed by atoms with van der Waals surface area (Å²) in [6.45, 7) is 0. The predicted octanol–water partition coefficient (Wildman–Crippen LogP) is 2.02. The molecule has 0 bridgehead atoms. The van der Waals surface area contributed by atoms with Gasteiger partial charge in [-0.2, -0.15) is 13.7 Å². The number of hydrogen-bond acceptors (Lipinski definition) is 5. The fraction of sp³-hybridized carbons (Fsp3) is 0.154. The largest absolute Gasteiger partial charge is 0.451 e. The summed E-state index contributed by atoms with van der Waals surface area (Å²) >= 11 is 0. The molecule has 0 amide bonds. The zero-order valence-electron chi connectivity index (χ0n) is 11.0. The minimum absolute atomic E-state index is 0.198. The van der Waals surface area contributed by atoms with Gasteiger partial charge in [0.1, 0.15) is 6.07 Å². The Hall–Kier alpha value is -2.46. The summed E-state index contributed by atoms with van der Waals surface area (Å²) in [5.74, 6) is 0. The molecule has 1 aromatic carbocycles. The average molecular weight is 291 g/mol. The Morgan fingerprint density at radius 3 is 2.60 bits per heavy atom. The Morgan fingerprint density at radius 1 is 1.30 bits per heavy atom. The number of nitriles is 1. The van der Waals surface area contributed by atoms with Crippen LogP contribution >= 0.6 is 0 Å². The number of nitrogens with zero attached hydrogens (tertiary/aromatic N) is 2. The second-order valence-electron chi connectivity index (χ2n) is 4.27. The molecule has 0 aliphatic rings. The zero-order valence-corrected chi connectivity index (χ0v) is 11.8. The van der Waals surface area contributed by atoms with E-state index in [-0.39, 0.29) is 16.3 Å². The van der Waals surface area contributed by atoms with Crippen LogP contribution in [0.2, 0.25) is 0 Å². The lowest BCUT2D eigenvalue weighted by Gasteiger charge is -2.15. The molecule has 0 atom stereocenters. The van der Waals surface area contributed by atoms with E-state index in [4.69, 9.17) is 9.68 Å². The van der Waals surface area contributed by atoms with Gasteiger partial charge >= 0.3 is 0 Å². The lowest BCUT2D eigenvalue weighted by molar-refractivity contribution is 0.452. The molecule has 0 radical (unpaired) electrons. The molecule has 0 unspecified atom stereocenters.